The van der Waals surface area contributed by atoms with E-state index in [2.05, 4.69) is 86.1 Å². The Morgan fingerprint density at radius 2 is 1.54 bits per heavy atom. The van der Waals surface area contributed by atoms with Crippen LogP contribution in [-0.2, 0) is 12.5 Å². The van der Waals surface area contributed by atoms with Crippen LogP contribution in [0.2, 0.25) is 0 Å². The largest absolute Gasteiger partial charge is 0.342 e. The Labute approximate surface area is 156 Å². The summed E-state index contributed by atoms with van der Waals surface area (Å²) in [6.07, 6.45) is 0. The monoisotopic (exact) mass is 353 g/mol. The number of fused-ring (bicyclic) bond motifs is 9. The van der Waals surface area contributed by atoms with E-state index in [9.17, 15) is 0 Å². The van der Waals surface area contributed by atoms with Crippen LogP contribution in [0.3, 0.4) is 0 Å². The summed E-state index contributed by atoms with van der Waals surface area (Å²) >= 11 is 1.97. The van der Waals surface area contributed by atoms with Gasteiger partial charge in [0.05, 0.1) is 10.2 Å². The van der Waals surface area contributed by atoms with Gasteiger partial charge in [0.2, 0.25) is 0 Å². The highest BCUT2D eigenvalue weighted by atomic mass is 32.1. The lowest BCUT2D eigenvalue weighted by molar-refractivity contribution is 0.667. The second-order valence-electron chi connectivity index (χ2n) is 7.89. The van der Waals surface area contributed by atoms with Crippen LogP contribution >= 0.6 is 11.3 Å². The summed E-state index contributed by atoms with van der Waals surface area (Å²) in [6, 6.07) is 22.3. The van der Waals surface area contributed by atoms with E-state index in [0.29, 0.717) is 0 Å². The fourth-order valence-corrected chi connectivity index (χ4v) is 6.57. The minimum Gasteiger partial charge on any atom is -0.342 e. The second-order valence-corrected chi connectivity index (χ2v) is 8.91. The van der Waals surface area contributed by atoms with Crippen molar-refractivity contribution >= 4 is 43.2 Å². The molecule has 0 saturated heterocycles. The van der Waals surface area contributed by atoms with Gasteiger partial charge in [0, 0.05) is 33.6 Å². The maximum Gasteiger partial charge on any atom is 0.0670 e. The Bertz CT molecular complexity index is 1360. The zero-order chi connectivity index (χ0) is 17.6. The molecule has 5 aromatic rings. The number of thiophene rings is 1. The van der Waals surface area contributed by atoms with Crippen molar-refractivity contribution in [3.8, 4) is 10.4 Å². The van der Waals surface area contributed by atoms with E-state index in [-0.39, 0.29) is 5.41 Å². The molecule has 0 atom stereocenters. The molecule has 0 saturated carbocycles. The molecule has 6 rings (SSSR count). The Balaban J connectivity index is 1.84. The van der Waals surface area contributed by atoms with Gasteiger partial charge in [0.25, 0.3) is 0 Å². The van der Waals surface area contributed by atoms with Crippen LogP contribution in [0.25, 0.3) is 42.3 Å². The van der Waals surface area contributed by atoms with Crippen molar-refractivity contribution in [1.29, 1.82) is 0 Å². The first kappa shape index (κ1) is 14.6. The minimum absolute atomic E-state index is 0.0580. The maximum atomic E-state index is 2.37. The molecule has 2 heterocycles. The predicted molar refractivity (Wildman–Crippen MR) is 113 cm³/mol. The van der Waals surface area contributed by atoms with E-state index >= 15 is 0 Å². The summed E-state index contributed by atoms with van der Waals surface area (Å²) in [5.41, 5.74) is 7.12. The van der Waals surface area contributed by atoms with Gasteiger partial charge in [-0.1, -0.05) is 68.4 Å². The highest BCUT2D eigenvalue weighted by Gasteiger charge is 2.38. The van der Waals surface area contributed by atoms with Gasteiger partial charge in [0.1, 0.15) is 0 Å². The summed E-state index contributed by atoms with van der Waals surface area (Å²) < 4.78 is 3.80. The highest BCUT2D eigenvalue weighted by Crippen LogP contribution is 2.56. The molecule has 26 heavy (non-hydrogen) atoms. The van der Waals surface area contributed by atoms with Crippen LogP contribution in [0.1, 0.15) is 25.0 Å². The van der Waals surface area contributed by atoms with Crippen molar-refractivity contribution in [2.24, 2.45) is 7.05 Å². The summed E-state index contributed by atoms with van der Waals surface area (Å²) in [5.74, 6) is 0. The van der Waals surface area contributed by atoms with Gasteiger partial charge >= 0.3 is 0 Å². The summed E-state index contributed by atoms with van der Waals surface area (Å²) in [4.78, 5) is 1.46. The molecule has 0 aliphatic heterocycles. The van der Waals surface area contributed by atoms with E-state index < -0.39 is 0 Å². The lowest BCUT2D eigenvalue weighted by atomic mass is 9.81. The molecule has 0 bridgehead atoms. The first-order valence-electron chi connectivity index (χ1n) is 9.12. The number of aryl methyl sites for hydroxylation is 1. The smallest absolute Gasteiger partial charge is 0.0670 e. The topological polar surface area (TPSA) is 4.93 Å². The fraction of sp³-hybridized carbons (Fsp3) is 0.167. The number of nitrogens with zero attached hydrogens (tertiary/aromatic N) is 1. The van der Waals surface area contributed by atoms with E-state index in [0.717, 1.165) is 0 Å². The summed E-state index contributed by atoms with van der Waals surface area (Å²) in [6.45, 7) is 4.74. The van der Waals surface area contributed by atoms with Gasteiger partial charge in [-0.25, -0.2) is 0 Å². The van der Waals surface area contributed by atoms with Crippen molar-refractivity contribution in [2.45, 2.75) is 19.3 Å². The third-order valence-corrected chi connectivity index (χ3v) is 7.44. The van der Waals surface area contributed by atoms with E-state index in [1.807, 2.05) is 11.3 Å². The zero-order valence-corrected chi connectivity index (χ0v) is 15.9. The van der Waals surface area contributed by atoms with Crippen molar-refractivity contribution in [2.75, 3.05) is 0 Å². The third kappa shape index (κ3) is 1.53. The normalized spacial score (nSPS) is 15.0. The van der Waals surface area contributed by atoms with Gasteiger partial charge < -0.3 is 4.57 Å². The molecule has 0 fully saturated rings. The Morgan fingerprint density at radius 1 is 0.808 bits per heavy atom. The van der Waals surface area contributed by atoms with E-state index in [1.54, 1.807) is 0 Å². The first-order chi connectivity index (χ1) is 12.6. The molecule has 1 aliphatic carbocycles. The van der Waals surface area contributed by atoms with Gasteiger partial charge in [-0.15, -0.1) is 11.3 Å². The molecular weight excluding hydrogens is 334 g/mol. The third-order valence-electron chi connectivity index (χ3n) is 6.19. The molecule has 1 nitrogen and oxygen atoms in total. The number of hydrogen-bond donors (Lipinski definition) is 0. The number of benzene rings is 3. The van der Waals surface area contributed by atoms with Gasteiger partial charge in [-0.2, -0.15) is 0 Å². The maximum absolute atomic E-state index is 2.37. The molecule has 0 radical (unpaired) electrons. The summed E-state index contributed by atoms with van der Waals surface area (Å²) in [5, 5.41) is 4.13. The Morgan fingerprint density at radius 3 is 2.42 bits per heavy atom. The van der Waals surface area contributed by atoms with Crippen molar-refractivity contribution in [1.82, 2.24) is 4.57 Å². The lowest BCUT2D eigenvalue weighted by Crippen LogP contribution is -2.14. The quantitative estimate of drug-likeness (QED) is 0.287. The molecule has 2 aromatic heterocycles. The molecule has 0 amide bonds. The second kappa shape index (κ2) is 4.57. The molecule has 2 heteroatoms. The van der Waals surface area contributed by atoms with Crippen molar-refractivity contribution < 1.29 is 0 Å². The van der Waals surface area contributed by atoms with Gasteiger partial charge in [0.15, 0.2) is 0 Å². The number of hydrogen-bond acceptors (Lipinski definition) is 1. The molecule has 0 spiro atoms. The van der Waals surface area contributed by atoms with Crippen molar-refractivity contribution in [3.63, 3.8) is 0 Å². The molecule has 1 aliphatic rings. The molecule has 126 valence electrons. The van der Waals surface area contributed by atoms with Crippen LogP contribution < -0.4 is 0 Å². The first-order valence-corrected chi connectivity index (χ1v) is 9.93. The van der Waals surface area contributed by atoms with Crippen molar-refractivity contribution in [3.05, 3.63) is 71.8 Å². The minimum atomic E-state index is 0.0580. The number of rotatable bonds is 0. The van der Waals surface area contributed by atoms with E-state index in [4.69, 9.17) is 0 Å². The predicted octanol–water partition coefficient (Wildman–Crippen LogP) is 6.85. The lowest BCUT2D eigenvalue weighted by Gasteiger charge is -2.21. The van der Waals surface area contributed by atoms with Crippen LogP contribution in [0.5, 0.6) is 0 Å². The van der Waals surface area contributed by atoms with Gasteiger partial charge in [-0.3, -0.25) is 0 Å². The summed E-state index contributed by atoms with van der Waals surface area (Å²) in [7, 11) is 2.20. The fourth-order valence-electron chi connectivity index (χ4n) is 4.98. The van der Waals surface area contributed by atoms with Crippen LogP contribution in [0, 0.1) is 0 Å². The standard InChI is InChI=1S/C24H19NS/c1-24(2)18-10-6-4-9-16(18)22-20(24)17-13-12-15-14-8-5-7-11-19(14)25(3)21(15)23(17)26-22/h4-13H,1-3H3. The average Bonchev–Trinajstić information content (AvgIpc) is 3.25. The zero-order valence-electron chi connectivity index (χ0n) is 15.1. The van der Waals surface area contributed by atoms with Crippen LogP contribution in [0.15, 0.2) is 60.7 Å². The van der Waals surface area contributed by atoms with Gasteiger partial charge in [-0.05, 0) is 28.1 Å². The number of para-hydroxylation sites is 1. The van der Waals surface area contributed by atoms with Crippen LogP contribution in [-0.4, -0.2) is 4.57 Å². The van der Waals surface area contributed by atoms with Crippen LogP contribution in [0.4, 0.5) is 0 Å². The molecule has 0 N–H and O–H groups in total. The Kier molecular flexibility index (Phi) is 2.56. The Hall–Kier alpha value is -2.58. The van der Waals surface area contributed by atoms with E-state index in [1.165, 1.54) is 53.5 Å². The highest BCUT2D eigenvalue weighted by molar-refractivity contribution is 7.23. The number of aromatic nitrogens is 1. The SMILES string of the molecule is Cn1c2ccccc2c2ccc3c4c(sc3c21)-c1ccccc1C4(C)C. The average molecular weight is 353 g/mol. The molecular formula is C24H19NS. The molecule has 0 unspecified atom stereocenters. The molecule has 3 aromatic carbocycles.